The molecule has 121 valence electrons. The summed E-state index contributed by atoms with van der Waals surface area (Å²) in [5.41, 5.74) is -3.47. The molecular weight excluding hydrogens is 342 g/mol. The van der Waals surface area contributed by atoms with E-state index in [2.05, 4.69) is 0 Å². The summed E-state index contributed by atoms with van der Waals surface area (Å²) in [5.74, 6) is -11.6. The maximum atomic E-state index is 13.6. The standard InChI is InChI=1S/C14H7F5O3P/c1-22-6-4-2-3-5-7(6)23(21)14(20)8-9(15)11(17)13(19)12(18)10(8)16/h2-5H,1H3. The highest BCUT2D eigenvalue weighted by atomic mass is 31.1. The van der Waals surface area contributed by atoms with Crippen LogP contribution in [0.5, 0.6) is 5.75 Å². The third kappa shape index (κ3) is 2.82. The van der Waals surface area contributed by atoms with Crippen LogP contribution in [0.1, 0.15) is 10.4 Å². The van der Waals surface area contributed by atoms with E-state index in [1.165, 1.54) is 31.4 Å². The maximum Gasteiger partial charge on any atom is 0.252 e. The first kappa shape index (κ1) is 17.0. The van der Waals surface area contributed by atoms with Crippen molar-refractivity contribution in [3.63, 3.8) is 0 Å². The van der Waals surface area contributed by atoms with Gasteiger partial charge < -0.3 is 4.74 Å². The number of halogens is 5. The van der Waals surface area contributed by atoms with Gasteiger partial charge in [0.1, 0.15) is 11.3 Å². The van der Waals surface area contributed by atoms with Gasteiger partial charge in [0.05, 0.1) is 12.4 Å². The van der Waals surface area contributed by atoms with Gasteiger partial charge in [-0.3, -0.25) is 9.36 Å². The van der Waals surface area contributed by atoms with Crippen LogP contribution in [0.3, 0.4) is 0 Å². The molecule has 1 unspecified atom stereocenters. The number of carbonyl (C=O) groups is 1. The molecule has 0 heterocycles. The number of hydrogen-bond acceptors (Lipinski definition) is 3. The van der Waals surface area contributed by atoms with Crippen molar-refractivity contribution >= 4 is 18.6 Å². The van der Waals surface area contributed by atoms with Crippen LogP contribution < -0.4 is 10.0 Å². The summed E-state index contributed by atoms with van der Waals surface area (Å²) in [5, 5.41) is -0.223. The summed E-state index contributed by atoms with van der Waals surface area (Å²) >= 11 is 0. The van der Waals surface area contributed by atoms with E-state index >= 15 is 0 Å². The van der Waals surface area contributed by atoms with Crippen molar-refractivity contribution in [3.8, 4) is 5.75 Å². The Morgan fingerprint density at radius 3 is 1.91 bits per heavy atom. The molecule has 0 saturated heterocycles. The molecule has 0 saturated carbocycles. The van der Waals surface area contributed by atoms with Crippen molar-refractivity contribution in [2.75, 3.05) is 7.11 Å². The van der Waals surface area contributed by atoms with Gasteiger partial charge in [0.25, 0.3) is 5.52 Å². The molecule has 0 aromatic heterocycles. The minimum absolute atomic E-state index is 0.0224. The van der Waals surface area contributed by atoms with Gasteiger partial charge >= 0.3 is 0 Å². The molecule has 2 rings (SSSR count). The van der Waals surface area contributed by atoms with Crippen molar-refractivity contribution in [1.82, 2.24) is 0 Å². The van der Waals surface area contributed by atoms with Gasteiger partial charge in [-0.25, -0.2) is 22.0 Å². The Balaban J connectivity index is 2.60. The van der Waals surface area contributed by atoms with Crippen LogP contribution in [0.25, 0.3) is 0 Å². The maximum absolute atomic E-state index is 13.6. The summed E-state index contributed by atoms with van der Waals surface area (Å²) in [4.78, 5) is 12.0. The van der Waals surface area contributed by atoms with Crippen molar-refractivity contribution in [2.45, 2.75) is 0 Å². The molecule has 2 aromatic carbocycles. The molecule has 9 heteroatoms. The normalized spacial score (nSPS) is 11.3. The fraction of sp³-hybridized carbons (Fsp3) is 0.0714. The molecule has 0 spiro atoms. The van der Waals surface area contributed by atoms with E-state index in [0.29, 0.717) is 0 Å². The van der Waals surface area contributed by atoms with Crippen molar-refractivity contribution in [3.05, 3.63) is 58.9 Å². The quantitative estimate of drug-likeness (QED) is 0.366. The summed E-state index contributed by atoms with van der Waals surface area (Å²) in [7, 11) is -1.96. The average molecular weight is 349 g/mol. The number of ether oxygens (including phenoxy) is 1. The highest BCUT2D eigenvalue weighted by molar-refractivity contribution is 7.71. The van der Waals surface area contributed by atoms with E-state index in [1.807, 2.05) is 0 Å². The third-order valence-corrected chi connectivity index (χ3v) is 4.31. The van der Waals surface area contributed by atoms with E-state index in [1.54, 1.807) is 0 Å². The van der Waals surface area contributed by atoms with Crippen LogP contribution in [0.4, 0.5) is 22.0 Å². The molecule has 23 heavy (non-hydrogen) atoms. The lowest BCUT2D eigenvalue weighted by molar-refractivity contribution is 0.106. The van der Waals surface area contributed by atoms with Gasteiger partial charge in [0.15, 0.2) is 31.1 Å². The number of carbonyl (C=O) groups excluding carboxylic acids is 1. The van der Waals surface area contributed by atoms with Crippen molar-refractivity contribution in [2.24, 2.45) is 0 Å². The second kappa shape index (κ2) is 6.42. The largest absolute Gasteiger partial charge is 0.496 e. The Bertz CT molecular complexity index is 793. The molecule has 0 aliphatic rings. The molecule has 0 aliphatic heterocycles. The number of benzene rings is 2. The molecule has 0 fully saturated rings. The van der Waals surface area contributed by atoms with Gasteiger partial charge in [0.2, 0.25) is 5.82 Å². The van der Waals surface area contributed by atoms with Crippen LogP contribution in [0, 0.1) is 29.1 Å². The smallest absolute Gasteiger partial charge is 0.252 e. The lowest BCUT2D eigenvalue weighted by atomic mass is 10.2. The zero-order valence-corrected chi connectivity index (χ0v) is 12.3. The zero-order chi connectivity index (χ0) is 17.3. The minimum atomic E-state index is -3.16. The SMILES string of the molecule is COc1ccccc1[P](=O)C(=O)c1c(F)c(F)c(F)c(F)c1F. The van der Waals surface area contributed by atoms with Crippen LogP contribution in [0.15, 0.2) is 24.3 Å². The first-order valence-corrected chi connectivity index (χ1v) is 7.23. The predicted octanol–water partition coefficient (Wildman–Crippen LogP) is 3.68. The summed E-state index contributed by atoms with van der Waals surface area (Å²) in [6, 6.07) is 5.36. The van der Waals surface area contributed by atoms with Gasteiger partial charge in [-0.2, -0.15) is 0 Å². The van der Waals surface area contributed by atoms with E-state index in [0.717, 1.165) is 0 Å². The van der Waals surface area contributed by atoms with Crippen molar-refractivity contribution in [1.29, 1.82) is 0 Å². The second-order valence-electron chi connectivity index (χ2n) is 4.22. The fourth-order valence-electron chi connectivity index (χ4n) is 1.80. The fourth-order valence-corrected chi connectivity index (χ4v) is 3.01. The predicted molar refractivity (Wildman–Crippen MR) is 70.8 cm³/mol. The molecular formula is C14H7F5O3P. The molecule has 0 N–H and O–H groups in total. The number of rotatable bonds is 4. The number of para-hydroxylation sites is 1. The van der Waals surface area contributed by atoms with E-state index in [4.69, 9.17) is 4.74 Å². The van der Waals surface area contributed by atoms with Gasteiger partial charge in [0, 0.05) is 0 Å². The topological polar surface area (TPSA) is 43.4 Å². The average Bonchev–Trinajstić information content (AvgIpc) is 2.57. The van der Waals surface area contributed by atoms with Crippen LogP contribution in [0.2, 0.25) is 0 Å². The van der Waals surface area contributed by atoms with Crippen LogP contribution >= 0.6 is 7.80 Å². The monoisotopic (exact) mass is 349 g/mol. The lowest BCUT2D eigenvalue weighted by Crippen LogP contribution is -2.14. The second-order valence-corrected chi connectivity index (χ2v) is 5.69. The van der Waals surface area contributed by atoms with Gasteiger partial charge in [-0.15, -0.1) is 0 Å². The Kier molecular flexibility index (Phi) is 4.75. The first-order chi connectivity index (χ1) is 10.8. The molecule has 2 aromatic rings. The van der Waals surface area contributed by atoms with Gasteiger partial charge in [-0.1, -0.05) is 12.1 Å². The summed E-state index contributed by atoms with van der Waals surface area (Å²) in [6.45, 7) is 0. The van der Waals surface area contributed by atoms with Crippen LogP contribution in [-0.4, -0.2) is 12.6 Å². The Labute approximate surface area is 127 Å². The Morgan fingerprint density at radius 1 is 0.913 bits per heavy atom. The van der Waals surface area contributed by atoms with E-state index < -0.39 is 48.0 Å². The van der Waals surface area contributed by atoms with E-state index in [-0.39, 0.29) is 11.1 Å². The van der Waals surface area contributed by atoms with Gasteiger partial charge in [-0.05, 0) is 12.1 Å². The molecule has 1 atom stereocenters. The Morgan fingerprint density at radius 2 is 1.39 bits per heavy atom. The van der Waals surface area contributed by atoms with Crippen LogP contribution in [-0.2, 0) is 4.57 Å². The third-order valence-electron chi connectivity index (χ3n) is 2.91. The number of hydrogen-bond donors (Lipinski definition) is 0. The highest BCUT2D eigenvalue weighted by Crippen LogP contribution is 2.34. The molecule has 0 amide bonds. The highest BCUT2D eigenvalue weighted by Gasteiger charge is 2.33. The first-order valence-electron chi connectivity index (χ1n) is 5.97. The summed E-state index contributed by atoms with van der Waals surface area (Å²) < 4.78 is 83.5. The zero-order valence-electron chi connectivity index (χ0n) is 11.4. The van der Waals surface area contributed by atoms with E-state index in [9.17, 15) is 31.3 Å². The Hall–Kier alpha value is -2.34. The molecule has 0 bridgehead atoms. The molecule has 0 aliphatic carbocycles. The number of methoxy groups -OCH3 is 1. The van der Waals surface area contributed by atoms with Crippen molar-refractivity contribution < 1.29 is 36.0 Å². The lowest BCUT2D eigenvalue weighted by Gasteiger charge is -2.09. The minimum Gasteiger partial charge on any atom is -0.496 e. The molecule has 3 nitrogen and oxygen atoms in total. The summed E-state index contributed by atoms with van der Waals surface area (Å²) in [6.07, 6.45) is 0. The molecule has 1 radical (unpaired) electrons.